The summed E-state index contributed by atoms with van der Waals surface area (Å²) < 4.78 is 39.5. The lowest BCUT2D eigenvalue weighted by molar-refractivity contribution is -0.127. The van der Waals surface area contributed by atoms with E-state index in [4.69, 9.17) is 0 Å². The molecule has 0 saturated heterocycles. The summed E-state index contributed by atoms with van der Waals surface area (Å²) in [5.41, 5.74) is -0.486. The van der Waals surface area contributed by atoms with Gasteiger partial charge in [0.1, 0.15) is 6.54 Å². The second kappa shape index (κ2) is 9.50. The average Bonchev–Trinajstić information content (AvgIpc) is 2.57. The maximum absolute atomic E-state index is 13.5. The number of amides is 2. The van der Waals surface area contributed by atoms with E-state index in [0.29, 0.717) is 12.6 Å². The topological polar surface area (TPSA) is 85.8 Å². The molecule has 0 aromatic heterocycles. The Bertz CT molecular complexity index is 665. The summed E-state index contributed by atoms with van der Waals surface area (Å²) in [6.07, 6.45) is 0. The van der Waals surface area contributed by atoms with E-state index in [1.54, 1.807) is 21.0 Å². The molecular weight excluding hydrogens is 339 g/mol. The van der Waals surface area contributed by atoms with Gasteiger partial charge in [-0.2, -0.15) is 0 Å². The summed E-state index contributed by atoms with van der Waals surface area (Å²) in [6.45, 7) is 1.84. The summed E-state index contributed by atoms with van der Waals surface area (Å²) in [5, 5.41) is 7.66. The zero-order valence-electron chi connectivity index (χ0n) is 14.1. The van der Waals surface area contributed by atoms with E-state index in [1.165, 1.54) is 4.90 Å². The fraction of sp³-hybridized carbons (Fsp3) is 0.400. The van der Waals surface area contributed by atoms with Gasteiger partial charge in [0.2, 0.25) is 11.8 Å². The number of hydrogen-bond donors (Lipinski definition) is 3. The molecule has 0 aliphatic heterocycles. The average molecular weight is 359 g/mol. The van der Waals surface area contributed by atoms with Crippen molar-refractivity contribution in [1.82, 2.24) is 15.5 Å². The molecule has 0 spiro atoms. The largest absolute Gasteiger partial charge is 0.357 e. The quantitative estimate of drug-likeness (QED) is 0.396. The number of benzene rings is 1. The van der Waals surface area contributed by atoms with Crippen LogP contribution in [0.3, 0.4) is 0 Å². The van der Waals surface area contributed by atoms with E-state index >= 15 is 0 Å². The van der Waals surface area contributed by atoms with Crippen LogP contribution in [0.1, 0.15) is 6.92 Å². The number of nitrogens with zero attached hydrogens (tertiary/aromatic N) is 2. The molecule has 0 saturated carbocycles. The maximum atomic E-state index is 13.5. The Morgan fingerprint density at radius 3 is 2.40 bits per heavy atom. The highest BCUT2D eigenvalue weighted by Crippen LogP contribution is 2.19. The van der Waals surface area contributed by atoms with Gasteiger partial charge in [-0.15, -0.1) is 0 Å². The molecule has 138 valence electrons. The summed E-state index contributed by atoms with van der Waals surface area (Å²) in [5.74, 6) is -5.23. The fourth-order valence-electron chi connectivity index (χ4n) is 1.62. The first-order chi connectivity index (χ1) is 11.8. The predicted molar refractivity (Wildman–Crippen MR) is 87.6 cm³/mol. The fourth-order valence-corrected chi connectivity index (χ4v) is 1.62. The summed E-state index contributed by atoms with van der Waals surface area (Å²) in [4.78, 5) is 28.6. The van der Waals surface area contributed by atoms with Crippen LogP contribution in [0.5, 0.6) is 0 Å². The van der Waals surface area contributed by atoms with Crippen LogP contribution >= 0.6 is 0 Å². The van der Waals surface area contributed by atoms with Gasteiger partial charge in [0.05, 0.1) is 12.2 Å². The van der Waals surface area contributed by atoms with Gasteiger partial charge in [0.25, 0.3) is 0 Å². The molecule has 1 aromatic rings. The number of guanidine groups is 1. The molecule has 0 radical (unpaired) electrons. The molecule has 0 unspecified atom stereocenters. The number of carbonyl (C=O) groups excluding carboxylic acids is 2. The van der Waals surface area contributed by atoms with Crippen LogP contribution in [0, 0.1) is 17.5 Å². The van der Waals surface area contributed by atoms with Gasteiger partial charge in [-0.05, 0) is 19.1 Å². The van der Waals surface area contributed by atoms with Gasteiger partial charge in [-0.3, -0.25) is 9.59 Å². The summed E-state index contributed by atoms with van der Waals surface area (Å²) in [6, 6.07) is 1.62. The van der Waals surface area contributed by atoms with Crippen LogP contribution in [0.25, 0.3) is 0 Å². The van der Waals surface area contributed by atoms with Crippen LogP contribution in [0.2, 0.25) is 0 Å². The van der Waals surface area contributed by atoms with Crippen molar-refractivity contribution in [2.75, 3.05) is 39.0 Å². The molecule has 2 amide bonds. The van der Waals surface area contributed by atoms with Gasteiger partial charge in [0.15, 0.2) is 23.4 Å². The van der Waals surface area contributed by atoms with E-state index < -0.39 is 35.6 Å². The Hall–Kier alpha value is -2.78. The molecule has 0 heterocycles. The van der Waals surface area contributed by atoms with Crippen LogP contribution in [0.4, 0.5) is 18.9 Å². The SMILES string of the molecule is CCNC(=NCC(=O)Nc1ccc(F)c(F)c1F)NCC(=O)N(C)C. The van der Waals surface area contributed by atoms with Crippen molar-refractivity contribution in [1.29, 1.82) is 0 Å². The first-order valence-corrected chi connectivity index (χ1v) is 7.42. The van der Waals surface area contributed by atoms with Crippen LogP contribution < -0.4 is 16.0 Å². The first-order valence-electron chi connectivity index (χ1n) is 7.42. The van der Waals surface area contributed by atoms with Crippen molar-refractivity contribution in [3.05, 3.63) is 29.6 Å². The molecule has 3 N–H and O–H groups in total. The smallest absolute Gasteiger partial charge is 0.246 e. The molecule has 1 rings (SSSR count). The molecule has 0 aliphatic rings. The maximum Gasteiger partial charge on any atom is 0.246 e. The predicted octanol–water partition coefficient (Wildman–Crippen LogP) is 0.686. The van der Waals surface area contributed by atoms with E-state index in [9.17, 15) is 22.8 Å². The van der Waals surface area contributed by atoms with Crippen LogP contribution in [-0.4, -0.2) is 56.4 Å². The van der Waals surface area contributed by atoms with E-state index in [2.05, 4.69) is 20.9 Å². The third-order valence-corrected chi connectivity index (χ3v) is 2.94. The summed E-state index contributed by atoms with van der Waals surface area (Å²) in [7, 11) is 3.19. The Kier molecular flexibility index (Phi) is 7.70. The number of anilines is 1. The normalized spacial score (nSPS) is 11.0. The van der Waals surface area contributed by atoms with Crippen LogP contribution in [0.15, 0.2) is 17.1 Å². The zero-order chi connectivity index (χ0) is 19.0. The molecule has 0 atom stereocenters. The van der Waals surface area contributed by atoms with Gasteiger partial charge < -0.3 is 20.9 Å². The van der Waals surface area contributed by atoms with Crippen molar-refractivity contribution >= 4 is 23.5 Å². The summed E-state index contributed by atoms with van der Waals surface area (Å²) >= 11 is 0. The molecule has 25 heavy (non-hydrogen) atoms. The molecule has 0 bridgehead atoms. The van der Waals surface area contributed by atoms with Crippen molar-refractivity contribution in [2.24, 2.45) is 4.99 Å². The third kappa shape index (κ3) is 6.32. The number of likely N-dealkylation sites (N-methyl/N-ethyl adjacent to an activating group) is 1. The monoisotopic (exact) mass is 359 g/mol. The number of carbonyl (C=O) groups is 2. The highest BCUT2D eigenvalue weighted by atomic mass is 19.2. The first kappa shape index (κ1) is 20.3. The Morgan fingerprint density at radius 1 is 1.12 bits per heavy atom. The third-order valence-electron chi connectivity index (χ3n) is 2.94. The van der Waals surface area contributed by atoms with E-state index in [1.807, 2.05) is 0 Å². The van der Waals surface area contributed by atoms with Gasteiger partial charge in [-0.25, -0.2) is 18.2 Å². The van der Waals surface area contributed by atoms with Crippen molar-refractivity contribution in [3.63, 3.8) is 0 Å². The van der Waals surface area contributed by atoms with Gasteiger partial charge in [0, 0.05) is 20.6 Å². The minimum Gasteiger partial charge on any atom is -0.357 e. The standard InChI is InChI=1S/C15H20F3N5O2/c1-4-19-15(21-8-12(25)23(2)3)20-7-11(24)22-10-6-5-9(16)13(17)14(10)18/h5-6H,4,7-8H2,1-3H3,(H,22,24)(H2,19,20,21). The molecule has 7 nitrogen and oxygen atoms in total. The molecule has 0 fully saturated rings. The van der Waals surface area contributed by atoms with Crippen molar-refractivity contribution in [3.8, 4) is 0 Å². The Balaban J connectivity index is 2.68. The minimum atomic E-state index is -1.67. The zero-order valence-corrected chi connectivity index (χ0v) is 14.1. The number of halogens is 3. The number of hydrogen-bond acceptors (Lipinski definition) is 3. The highest BCUT2D eigenvalue weighted by Gasteiger charge is 2.15. The van der Waals surface area contributed by atoms with Crippen molar-refractivity contribution < 1.29 is 22.8 Å². The molecular formula is C15H20F3N5O2. The van der Waals surface area contributed by atoms with Gasteiger partial charge >= 0.3 is 0 Å². The lowest BCUT2D eigenvalue weighted by atomic mass is 10.3. The number of rotatable bonds is 6. The van der Waals surface area contributed by atoms with E-state index in [0.717, 1.165) is 6.07 Å². The lowest BCUT2D eigenvalue weighted by Crippen LogP contribution is -2.43. The number of nitrogens with one attached hydrogen (secondary N) is 3. The second-order valence-electron chi connectivity index (χ2n) is 5.11. The van der Waals surface area contributed by atoms with Crippen molar-refractivity contribution in [2.45, 2.75) is 6.92 Å². The van der Waals surface area contributed by atoms with E-state index in [-0.39, 0.29) is 18.4 Å². The molecule has 10 heteroatoms. The van der Waals surface area contributed by atoms with Gasteiger partial charge in [-0.1, -0.05) is 0 Å². The second-order valence-corrected chi connectivity index (χ2v) is 5.11. The Morgan fingerprint density at radius 2 is 1.80 bits per heavy atom. The Labute approximate surface area is 143 Å². The minimum absolute atomic E-state index is 0.0295. The highest BCUT2D eigenvalue weighted by molar-refractivity contribution is 5.94. The van der Waals surface area contributed by atoms with Crippen LogP contribution in [-0.2, 0) is 9.59 Å². The lowest BCUT2D eigenvalue weighted by Gasteiger charge is -2.14. The molecule has 0 aliphatic carbocycles. The number of aliphatic imine (C=N–C) groups is 1. The molecule has 1 aromatic carbocycles.